The summed E-state index contributed by atoms with van der Waals surface area (Å²) in [5.74, 6) is -0.265. The lowest BCUT2D eigenvalue weighted by atomic mass is 10.2. The molecule has 33 heavy (non-hydrogen) atoms. The maximum atomic E-state index is 12.6. The van der Waals surface area contributed by atoms with Crippen LogP contribution in [0.15, 0.2) is 77.3 Å². The van der Waals surface area contributed by atoms with E-state index in [1.807, 2.05) is 30.3 Å². The molecule has 0 spiro atoms. The number of amides is 1. The molecule has 4 aromatic rings. The number of para-hydroxylation sites is 2. The summed E-state index contributed by atoms with van der Waals surface area (Å²) in [5.41, 5.74) is 1.49. The van der Waals surface area contributed by atoms with E-state index in [0.717, 1.165) is 0 Å². The topological polar surface area (TPSA) is 128 Å². The van der Waals surface area contributed by atoms with E-state index in [-0.39, 0.29) is 23.3 Å². The number of ether oxygens (including phenoxy) is 2. The molecule has 2 N–H and O–H groups in total. The van der Waals surface area contributed by atoms with Crippen LogP contribution >= 0.6 is 0 Å². The van der Waals surface area contributed by atoms with E-state index >= 15 is 0 Å². The Morgan fingerprint density at radius 1 is 0.970 bits per heavy atom. The molecule has 10 heteroatoms. The van der Waals surface area contributed by atoms with Gasteiger partial charge in [-0.2, -0.15) is 0 Å². The first-order chi connectivity index (χ1) is 16.1. The normalized spacial score (nSPS) is 10.3. The molecule has 0 aliphatic rings. The maximum absolute atomic E-state index is 12.6. The predicted molar refractivity (Wildman–Crippen MR) is 119 cm³/mol. The van der Waals surface area contributed by atoms with Crippen LogP contribution in [0.2, 0.25) is 0 Å². The summed E-state index contributed by atoms with van der Waals surface area (Å²) in [5, 5.41) is 13.1. The Kier molecular flexibility index (Phi) is 6.55. The summed E-state index contributed by atoms with van der Waals surface area (Å²) < 4.78 is 15.9. The molecule has 10 nitrogen and oxygen atoms in total. The van der Waals surface area contributed by atoms with Crippen molar-refractivity contribution in [1.29, 1.82) is 0 Å². The SMILES string of the molecule is COc1ccccc1Nc1ncccc1C(=O)OCC(=O)Nc1nnc(-c2ccccc2)o1. The molecule has 0 saturated heterocycles. The number of nitrogens with zero attached hydrogens (tertiary/aromatic N) is 3. The number of nitrogens with one attached hydrogen (secondary N) is 2. The van der Waals surface area contributed by atoms with Gasteiger partial charge in [-0.3, -0.25) is 10.1 Å². The minimum absolute atomic E-state index is 0.102. The van der Waals surface area contributed by atoms with Crippen LogP contribution in [0.3, 0.4) is 0 Å². The van der Waals surface area contributed by atoms with Crippen LogP contribution in [0.4, 0.5) is 17.5 Å². The summed E-state index contributed by atoms with van der Waals surface area (Å²) in [6.45, 7) is -0.551. The third kappa shape index (κ3) is 5.31. The number of anilines is 3. The Balaban J connectivity index is 1.37. The number of rotatable bonds is 8. The van der Waals surface area contributed by atoms with Gasteiger partial charge in [0.15, 0.2) is 6.61 Å². The number of pyridine rings is 1. The number of carbonyl (C=O) groups excluding carboxylic acids is 2. The Hall–Kier alpha value is -4.73. The second-order valence-corrected chi connectivity index (χ2v) is 6.63. The first-order valence-corrected chi connectivity index (χ1v) is 9.85. The van der Waals surface area contributed by atoms with Gasteiger partial charge in [0, 0.05) is 11.8 Å². The molecule has 0 bridgehead atoms. The van der Waals surface area contributed by atoms with Crippen molar-refractivity contribution in [2.24, 2.45) is 0 Å². The van der Waals surface area contributed by atoms with Crippen molar-refractivity contribution in [3.05, 3.63) is 78.5 Å². The molecular formula is C23H19N5O5. The fraction of sp³-hybridized carbons (Fsp3) is 0.0870. The highest BCUT2D eigenvalue weighted by Gasteiger charge is 2.18. The third-order valence-corrected chi connectivity index (χ3v) is 4.41. The van der Waals surface area contributed by atoms with Gasteiger partial charge in [-0.1, -0.05) is 35.4 Å². The zero-order chi connectivity index (χ0) is 23.0. The van der Waals surface area contributed by atoms with Gasteiger partial charge < -0.3 is 19.2 Å². The Morgan fingerprint density at radius 2 is 1.76 bits per heavy atom. The Bertz CT molecular complexity index is 1260. The molecule has 0 unspecified atom stereocenters. The average Bonchev–Trinajstić information content (AvgIpc) is 3.32. The van der Waals surface area contributed by atoms with E-state index < -0.39 is 18.5 Å². The highest BCUT2D eigenvalue weighted by Crippen LogP contribution is 2.27. The predicted octanol–water partition coefficient (Wildman–Crippen LogP) is 3.68. The van der Waals surface area contributed by atoms with Gasteiger partial charge in [0.25, 0.3) is 5.91 Å². The maximum Gasteiger partial charge on any atom is 0.342 e. The standard InChI is InChI=1S/C23H19N5O5/c1-31-18-12-6-5-11-17(18)25-20-16(10-7-13-24-20)22(30)32-14-19(29)26-23-28-27-21(33-23)15-8-3-2-4-9-15/h2-13H,14H2,1H3,(H,24,25)(H,26,28,29). The second-order valence-electron chi connectivity index (χ2n) is 6.63. The van der Waals surface area contributed by atoms with Crippen LogP contribution in [0.1, 0.15) is 10.4 Å². The molecule has 2 aromatic carbocycles. The molecule has 0 aliphatic heterocycles. The van der Waals surface area contributed by atoms with E-state index in [2.05, 4.69) is 25.8 Å². The molecule has 2 heterocycles. The first kappa shape index (κ1) is 21.5. The van der Waals surface area contributed by atoms with Crippen molar-refractivity contribution >= 4 is 29.4 Å². The van der Waals surface area contributed by atoms with Crippen LogP contribution in [0, 0.1) is 0 Å². The van der Waals surface area contributed by atoms with Crippen molar-refractivity contribution in [3.63, 3.8) is 0 Å². The number of benzene rings is 2. The van der Waals surface area contributed by atoms with Crippen molar-refractivity contribution < 1.29 is 23.5 Å². The Labute approximate surface area is 188 Å². The lowest BCUT2D eigenvalue weighted by Gasteiger charge is -2.13. The van der Waals surface area contributed by atoms with Gasteiger partial charge >= 0.3 is 12.0 Å². The number of hydrogen-bond acceptors (Lipinski definition) is 9. The van der Waals surface area contributed by atoms with Gasteiger partial charge in [0.05, 0.1) is 12.8 Å². The van der Waals surface area contributed by atoms with E-state index in [9.17, 15) is 9.59 Å². The second kappa shape index (κ2) is 10.1. The van der Waals surface area contributed by atoms with Crippen LogP contribution in [-0.2, 0) is 9.53 Å². The number of carbonyl (C=O) groups is 2. The van der Waals surface area contributed by atoms with Crippen molar-refractivity contribution in [2.45, 2.75) is 0 Å². The number of methoxy groups -OCH3 is 1. The summed E-state index contributed by atoms with van der Waals surface area (Å²) in [7, 11) is 1.54. The van der Waals surface area contributed by atoms with Crippen molar-refractivity contribution in [1.82, 2.24) is 15.2 Å². The lowest BCUT2D eigenvalue weighted by Crippen LogP contribution is -2.21. The monoisotopic (exact) mass is 445 g/mol. The van der Waals surface area contributed by atoms with Crippen LogP contribution < -0.4 is 15.4 Å². The molecule has 0 radical (unpaired) electrons. The molecular weight excluding hydrogens is 426 g/mol. The molecule has 0 fully saturated rings. The zero-order valence-corrected chi connectivity index (χ0v) is 17.5. The van der Waals surface area contributed by atoms with Crippen LogP contribution in [0.25, 0.3) is 11.5 Å². The minimum atomic E-state index is -0.730. The summed E-state index contributed by atoms with van der Waals surface area (Å²) >= 11 is 0. The van der Waals surface area contributed by atoms with E-state index in [0.29, 0.717) is 17.0 Å². The highest BCUT2D eigenvalue weighted by atomic mass is 16.5. The van der Waals surface area contributed by atoms with Gasteiger partial charge in [-0.15, -0.1) is 5.10 Å². The van der Waals surface area contributed by atoms with Gasteiger partial charge in [-0.05, 0) is 36.4 Å². The minimum Gasteiger partial charge on any atom is -0.495 e. The molecule has 4 rings (SSSR count). The van der Waals surface area contributed by atoms with Gasteiger partial charge in [0.2, 0.25) is 5.89 Å². The Morgan fingerprint density at radius 3 is 2.58 bits per heavy atom. The summed E-state index contributed by atoms with van der Waals surface area (Å²) in [6, 6.07) is 19.3. The van der Waals surface area contributed by atoms with Gasteiger partial charge in [0.1, 0.15) is 17.1 Å². The highest BCUT2D eigenvalue weighted by molar-refractivity contribution is 5.98. The molecule has 166 valence electrons. The van der Waals surface area contributed by atoms with Crippen LogP contribution in [-0.4, -0.2) is 40.8 Å². The lowest BCUT2D eigenvalue weighted by molar-refractivity contribution is -0.119. The van der Waals surface area contributed by atoms with Crippen molar-refractivity contribution in [3.8, 4) is 17.2 Å². The molecule has 0 atom stereocenters. The zero-order valence-electron chi connectivity index (χ0n) is 17.5. The molecule has 1 amide bonds. The average molecular weight is 445 g/mol. The number of hydrogen-bond donors (Lipinski definition) is 2. The third-order valence-electron chi connectivity index (χ3n) is 4.41. The smallest absolute Gasteiger partial charge is 0.342 e. The van der Waals surface area contributed by atoms with Crippen molar-refractivity contribution in [2.75, 3.05) is 24.4 Å². The quantitative estimate of drug-likeness (QED) is 0.390. The molecule has 0 saturated carbocycles. The molecule has 2 aromatic heterocycles. The fourth-order valence-corrected chi connectivity index (χ4v) is 2.88. The largest absolute Gasteiger partial charge is 0.495 e. The number of aromatic nitrogens is 3. The van der Waals surface area contributed by atoms with Gasteiger partial charge in [-0.25, -0.2) is 9.78 Å². The summed E-state index contributed by atoms with van der Waals surface area (Å²) in [6.07, 6.45) is 1.53. The number of esters is 1. The summed E-state index contributed by atoms with van der Waals surface area (Å²) in [4.78, 5) is 29.0. The van der Waals surface area contributed by atoms with E-state index in [4.69, 9.17) is 13.9 Å². The van der Waals surface area contributed by atoms with E-state index in [1.54, 1.807) is 37.4 Å². The van der Waals surface area contributed by atoms with Crippen LogP contribution in [0.5, 0.6) is 5.75 Å². The molecule has 0 aliphatic carbocycles. The fourth-order valence-electron chi connectivity index (χ4n) is 2.88. The first-order valence-electron chi connectivity index (χ1n) is 9.85. The van der Waals surface area contributed by atoms with E-state index in [1.165, 1.54) is 12.3 Å².